The molecule has 1 heterocycles. The van der Waals surface area contributed by atoms with Crippen LogP contribution in [0.4, 0.5) is 0 Å². The Balaban J connectivity index is 2.37. The summed E-state index contributed by atoms with van der Waals surface area (Å²) in [5.41, 5.74) is 2.34. The molecule has 0 aliphatic heterocycles. The van der Waals surface area contributed by atoms with Crippen LogP contribution in [0.2, 0.25) is 0 Å². The van der Waals surface area contributed by atoms with Crippen molar-refractivity contribution >= 4 is 11.3 Å². The highest BCUT2D eigenvalue weighted by atomic mass is 32.1. The van der Waals surface area contributed by atoms with Crippen molar-refractivity contribution < 1.29 is 9.47 Å². The lowest BCUT2D eigenvalue weighted by Gasteiger charge is -2.14. The fourth-order valence-corrected chi connectivity index (χ4v) is 3.13. The first-order valence-corrected chi connectivity index (χ1v) is 7.96. The Morgan fingerprint density at radius 1 is 1.05 bits per heavy atom. The van der Waals surface area contributed by atoms with Gasteiger partial charge in [-0.1, -0.05) is 25.8 Å². The maximum atomic E-state index is 5.59. The standard InChI is InChI=1S/C17H22O2S/c1-4-5-6-8-13-11-14(18-2)17(15(12-13)19-3)16-9-7-10-20-16/h7,9-12H,4-6,8H2,1-3H3. The summed E-state index contributed by atoms with van der Waals surface area (Å²) in [6.45, 7) is 2.22. The second kappa shape index (κ2) is 7.34. The zero-order valence-electron chi connectivity index (χ0n) is 12.4. The monoisotopic (exact) mass is 290 g/mol. The number of ether oxygens (including phenoxy) is 2. The normalized spacial score (nSPS) is 10.6. The van der Waals surface area contributed by atoms with E-state index >= 15 is 0 Å². The Morgan fingerprint density at radius 2 is 1.75 bits per heavy atom. The van der Waals surface area contributed by atoms with Gasteiger partial charge < -0.3 is 9.47 Å². The number of hydrogen-bond acceptors (Lipinski definition) is 3. The number of methoxy groups -OCH3 is 2. The minimum Gasteiger partial charge on any atom is -0.496 e. The summed E-state index contributed by atoms with van der Waals surface area (Å²) in [5.74, 6) is 1.80. The highest BCUT2D eigenvalue weighted by molar-refractivity contribution is 7.13. The largest absolute Gasteiger partial charge is 0.496 e. The Hall–Kier alpha value is -1.48. The van der Waals surface area contributed by atoms with Gasteiger partial charge in [-0.05, 0) is 42.0 Å². The molecule has 0 atom stereocenters. The molecule has 20 heavy (non-hydrogen) atoms. The lowest BCUT2D eigenvalue weighted by Crippen LogP contribution is -1.95. The predicted octanol–water partition coefficient (Wildman–Crippen LogP) is 5.17. The molecule has 0 amide bonds. The number of benzene rings is 1. The number of hydrogen-bond donors (Lipinski definition) is 0. The van der Waals surface area contributed by atoms with Crippen LogP contribution in [0.3, 0.4) is 0 Å². The Bertz CT molecular complexity index is 507. The minimum absolute atomic E-state index is 0.901. The summed E-state index contributed by atoms with van der Waals surface area (Å²) in [5, 5.41) is 2.07. The van der Waals surface area contributed by atoms with Gasteiger partial charge in [0.05, 0.1) is 19.8 Å². The minimum atomic E-state index is 0.901. The summed E-state index contributed by atoms with van der Waals surface area (Å²) >= 11 is 1.70. The van der Waals surface area contributed by atoms with Crippen LogP contribution in [0.15, 0.2) is 29.6 Å². The molecule has 2 rings (SSSR count). The van der Waals surface area contributed by atoms with Crippen molar-refractivity contribution in [3.05, 3.63) is 35.2 Å². The number of thiophene rings is 1. The van der Waals surface area contributed by atoms with Crippen molar-refractivity contribution in [2.75, 3.05) is 14.2 Å². The first-order chi connectivity index (χ1) is 9.80. The van der Waals surface area contributed by atoms with E-state index in [0.717, 1.165) is 23.5 Å². The number of aryl methyl sites for hydroxylation is 1. The molecule has 0 saturated carbocycles. The molecule has 0 fully saturated rings. The van der Waals surface area contributed by atoms with E-state index in [2.05, 4.69) is 30.5 Å². The first-order valence-electron chi connectivity index (χ1n) is 7.09. The van der Waals surface area contributed by atoms with Gasteiger partial charge >= 0.3 is 0 Å². The van der Waals surface area contributed by atoms with Crippen LogP contribution in [0.25, 0.3) is 10.4 Å². The van der Waals surface area contributed by atoms with Gasteiger partial charge in [0.1, 0.15) is 11.5 Å². The van der Waals surface area contributed by atoms with E-state index in [4.69, 9.17) is 9.47 Å². The van der Waals surface area contributed by atoms with Gasteiger partial charge in [-0.2, -0.15) is 0 Å². The van der Waals surface area contributed by atoms with Gasteiger partial charge in [-0.3, -0.25) is 0 Å². The lowest BCUT2D eigenvalue weighted by atomic mass is 10.0. The SMILES string of the molecule is CCCCCc1cc(OC)c(-c2cccs2)c(OC)c1. The van der Waals surface area contributed by atoms with Crippen LogP contribution >= 0.6 is 11.3 Å². The van der Waals surface area contributed by atoms with Gasteiger partial charge in [0, 0.05) is 4.88 Å². The van der Waals surface area contributed by atoms with Crippen molar-refractivity contribution in [3.63, 3.8) is 0 Å². The van der Waals surface area contributed by atoms with Crippen molar-refractivity contribution in [1.82, 2.24) is 0 Å². The van der Waals surface area contributed by atoms with Gasteiger partial charge in [-0.25, -0.2) is 0 Å². The summed E-state index contributed by atoms with van der Waals surface area (Å²) in [7, 11) is 3.45. The molecule has 0 saturated heterocycles. The van der Waals surface area contributed by atoms with Gasteiger partial charge in [0.25, 0.3) is 0 Å². The Labute approximate surface area is 125 Å². The summed E-state index contributed by atoms with van der Waals surface area (Å²) in [4.78, 5) is 1.18. The number of unbranched alkanes of at least 4 members (excludes halogenated alkanes) is 2. The molecule has 0 spiro atoms. The van der Waals surface area contributed by atoms with Crippen molar-refractivity contribution in [1.29, 1.82) is 0 Å². The van der Waals surface area contributed by atoms with Gasteiger partial charge in [0.15, 0.2) is 0 Å². The fourth-order valence-electron chi connectivity index (χ4n) is 2.35. The molecule has 0 bridgehead atoms. The highest BCUT2D eigenvalue weighted by Gasteiger charge is 2.15. The van der Waals surface area contributed by atoms with Crippen LogP contribution < -0.4 is 9.47 Å². The fraction of sp³-hybridized carbons (Fsp3) is 0.412. The molecule has 0 aliphatic rings. The molecule has 0 N–H and O–H groups in total. The molecule has 0 radical (unpaired) electrons. The van der Waals surface area contributed by atoms with Crippen LogP contribution in [0, 0.1) is 0 Å². The first kappa shape index (κ1) is 14.9. The molecule has 2 nitrogen and oxygen atoms in total. The van der Waals surface area contributed by atoms with E-state index in [1.165, 1.54) is 29.7 Å². The van der Waals surface area contributed by atoms with Crippen LogP contribution in [-0.4, -0.2) is 14.2 Å². The average molecular weight is 290 g/mol. The highest BCUT2D eigenvalue weighted by Crippen LogP contribution is 2.41. The van der Waals surface area contributed by atoms with E-state index in [-0.39, 0.29) is 0 Å². The van der Waals surface area contributed by atoms with E-state index in [9.17, 15) is 0 Å². The zero-order valence-corrected chi connectivity index (χ0v) is 13.3. The van der Waals surface area contributed by atoms with Crippen LogP contribution in [-0.2, 0) is 6.42 Å². The summed E-state index contributed by atoms with van der Waals surface area (Å²) < 4.78 is 11.2. The molecule has 108 valence electrons. The molecule has 0 aliphatic carbocycles. The Kier molecular flexibility index (Phi) is 5.48. The number of rotatable bonds is 7. The molecule has 2 aromatic rings. The van der Waals surface area contributed by atoms with E-state index < -0.39 is 0 Å². The maximum absolute atomic E-state index is 5.59. The van der Waals surface area contributed by atoms with E-state index in [1.807, 2.05) is 6.07 Å². The Morgan fingerprint density at radius 3 is 2.25 bits per heavy atom. The van der Waals surface area contributed by atoms with E-state index in [0.29, 0.717) is 0 Å². The molecule has 1 aromatic carbocycles. The second-order valence-corrected chi connectivity index (χ2v) is 5.76. The molecular formula is C17H22O2S. The maximum Gasteiger partial charge on any atom is 0.131 e. The molecular weight excluding hydrogens is 268 g/mol. The summed E-state index contributed by atoms with van der Waals surface area (Å²) in [6, 6.07) is 8.44. The van der Waals surface area contributed by atoms with Crippen LogP contribution in [0.1, 0.15) is 31.7 Å². The third-order valence-corrected chi connectivity index (χ3v) is 4.29. The second-order valence-electron chi connectivity index (χ2n) is 4.81. The average Bonchev–Trinajstić information content (AvgIpc) is 3.00. The third-order valence-electron chi connectivity index (χ3n) is 3.40. The van der Waals surface area contributed by atoms with Gasteiger partial charge in [-0.15, -0.1) is 11.3 Å². The lowest BCUT2D eigenvalue weighted by molar-refractivity contribution is 0.396. The zero-order chi connectivity index (χ0) is 14.4. The van der Waals surface area contributed by atoms with Crippen molar-refractivity contribution in [3.8, 4) is 21.9 Å². The molecule has 0 unspecified atom stereocenters. The smallest absolute Gasteiger partial charge is 0.131 e. The topological polar surface area (TPSA) is 18.5 Å². The van der Waals surface area contributed by atoms with Crippen molar-refractivity contribution in [2.24, 2.45) is 0 Å². The third kappa shape index (κ3) is 3.34. The molecule has 1 aromatic heterocycles. The summed E-state index contributed by atoms with van der Waals surface area (Å²) in [6.07, 6.45) is 4.78. The van der Waals surface area contributed by atoms with E-state index in [1.54, 1.807) is 25.6 Å². The predicted molar refractivity (Wildman–Crippen MR) is 86.1 cm³/mol. The molecule has 3 heteroatoms. The van der Waals surface area contributed by atoms with Crippen LogP contribution in [0.5, 0.6) is 11.5 Å². The van der Waals surface area contributed by atoms with Gasteiger partial charge in [0.2, 0.25) is 0 Å². The quantitative estimate of drug-likeness (QED) is 0.655. The van der Waals surface area contributed by atoms with Crippen molar-refractivity contribution in [2.45, 2.75) is 32.6 Å².